The highest BCUT2D eigenvalue weighted by molar-refractivity contribution is 9.10. The first-order valence-corrected chi connectivity index (χ1v) is 10.1. The fourth-order valence-electron chi connectivity index (χ4n) is 3.61. The highest BCUT2D eigenvalue weighted by Gasteiger charge is 2.37. The molecule has 0 aliphatic heterocycles. The summed E-state index contributed by atoms with van der Waals surface area (Å²) in [5.41, 5.74) is 2.71. The summed E-state index contributed by atoms with van der Waals surface area (Å²) in [6.45, 7) is 5.76. The molecule has 0 aromatic heterocycles. The van der Waals surface area contributed by atoms with Crippen molar-refractivity contribution in [3.8, 4) is 0 Å². The Morgan fingerprint density at radius 1 is 0.958 bits per heavy atom. The molecule has 0 fully saturated rings. The Hall–Kier alpha value is -0.640. The van der Waals surface area contributed by atoms with E-state index in [1.807, 2.05) is 0 Å². The minimum atomic E-state index is -0.0339. The van der Waals surface area contributed by atoms with Gasteiger partial charge < -0.3 is 4.90 Å². The second-order valence-electron chi connectivity index (χ2n) is 6.97. The summed E-state index contributed by atoms with van der Waals surface area (Å²) in [7, 11) is 4.34. The van der Waals surface area contributed by atoms with Crippen LogP contribution in [0.5, 0.6) is 0 Å². The SMILES string of the molecule is CCCC(CN(C)C)C(C)(c1cccc(Br)c1)c1cccc(Br)c1. The maximum Gasteiger partial charge on any atom is 0.0215 e. The van der Waals surface area contributed by atoms with Crippen molar-refractivity contribution in [2.24, 2.45) is 5.92 Å². The van der Waals surface area contributed by atoms with E-state index in [1.165, 1.54) is 24.0 Å². The van der Waals surface area contributed by atoms with Crippen LogP contribution < -0.4 is 0 Å². The summed E-state index contributed by atoms with van der Waals surface area (Å²) in [6, 6.07) is 17.6. The van der Waals surface area contributed by atoms with E-state index >= 15 is 0 Å². The lowest BCUT2D eigenvalue weighted by molar-refractivity contribution is 0.235. The van der Waals surface area contributed by atoms with E-state index in [9.17, 15) is 0 Å². The minimum Gasteiger partial charge on any atom is -0.309 e. The number of nitrogens with zero attached hydrogens (tertiary/aromatic N) is 1. The van der Waals surface area contributed by atoms with Gasteiger partial charge in [0.25, 0.3) is 0 Å². The zero-order valence-electron chi connectivity index (χ0n) is 15.0. The van der Waals surface area contributed by atoms with Crippen LogP contribution in [0.3, 0.4) is 0 Å². The monoisotopic (exact) mass is 451 g/mol. The topological polar surface area (TPSA) is 3.24 Å². The number of hydrogen-bond acceptors (Lipinski definition) is 1. The molecule has 0 heterocycles. The lowest BCUT2D eigenvalue weighted by atomic mass is 9.65. The second-order valence-corrected chi connectivity index (χ2v) is 8.80. The number of halogens is 2. The average molecular weight is 453 g/mol. The molecule has 3 heteroatoms. The largest absolute Gasteiger partial charge is 0.309 e. The van der Waals surface area contributed by atoms with Crippen molar-refractivity contribution in [1.29, 1.82) is 0 Å². The van der Waals surface area contributed by atoms with E-state index in [-0.39, 0.29) is 5.41 Å². The van der Waals surface area contributed by atoms with Crippen molar-refractivity contribution < 1.29 is 0 Å². The van der Waals surface area contributed by atoms with Gasteiger partial charge in [-0.15, -0.1) is 0 Å². The Balaban J connectivity index is 2.63. The Labute approximate surface area is 163 Å². The predicted octanol–water partition coefficient (Wildman–Crippen LogP) is 6.50. The molecule has 130 valence electrons. The average Bonchev–Trinajstić information content (AvgIpc) is 2.53. The predicted molar refractivity (Wildman–Crippen MR) is 112 cm³/mol. The van der Waals surface area contributed by atoms with Gasteiger partial charge in [0.2, 0.25) is 0 Å². The minimum absolute atomic E-state index is 0.0339. The smallest absolute Gasteiger partial charge is 0.0215 e. The van der Waals surface area contributed by atoms with Crippen molar-refractivity contribution in [3.63, 3.8) is 0 Å². The number of hydrogen-bond donors (Lipinski definition) is 0. The summed E-state index contributed by atoms with van der Waals surface area (Å²) in [6.07, 6.45) is 2.39. The summed E-state index contributed by atoms with van der Waals surface area (Å²) in [5.74, 6) is 0.543. The molecule has 0 N–H and O–H groups in total. The van der Waals surface area contributed by atoms with Crippen LogP contribution in [0.25, 0.3) is 0 Å². The van der Waals surface area contributed by atoms with Gasteiger partial charge in [-0.2, -0.15) is 0 Å². The summed E-state index contributed by atoms with van der Waals surface area (Å²) in [5, 5.41) is 0. The molecule has 0 aliphatic rings. The number of benzene rings is 2. The Morgan fingerprint density at radius 3 is 1.83 bits per heavy atom. The van der Waals surface area contributed by atoms with E-state index < -0.39 is 0 Å². The van der Waals surface area contributed by atoms with Crippen molar-refractivity contribution in [3.05, 3.63) is 68.6 Å². The van der Waals surface area contributed by atoms with E-state index in [4.69, 9.17) is 0 Å². The highest BCUT2D eigenvalue weighted by atomic mass is 79.9. The van der Waals surface area contributed by atoms with Gasteiger partial charge in [-0.1, -0.05) is 76.4 Å². The van der Waals surface area contributed by atoms with Crippen LogP contribution in [-0.4, -0.2) is 25.5 Å². The summed E-state index contributed by atoms with van der Waals surface area (Å²) >= 11 is 7.32. The molecule has 0 saturated carbocycles. The second kappa shape index (κ2) is 8.64. The maximum absolute atomic E-state index is 3.66. The third kappa shape index (κ3) is 4.50. The van der Waals surface area contributed by atoms with Crippen LogP contribution in [-0.2, 0) is 5.41 Å². The molecule has 0 bridgehead atoms. The first-order valence-electron chi connectivity index (χ1n) is 8.54. The lowest BCUT2D eigenvalue weighted by Gasteiger charge is -2.40. The first kappa shape index (κ1) is 19.7. The Morgan fingerprint density at radius 2 is 1.46 bits per heavy atom. The molecular weight excluding hydrogens is 426 g/mol. The Bertz CT molecular complexity index is 621. The van der Waals surface area contributed by atoms with Gasteiger partial charge in [0, 0.05) is 20.9 Å². The third-order valence-electron chi connectivity index (χ3n) is 4.89. The molecule has 0 aliphatic carbocycles. The van der Waals surface area contributed by atoms with E-state index in [0.717, 1.165) is 15.5 Å². The molecular formula is C21H27Br2N. The quantitative estimate of drug-likeness (QED) is 0.463. The van der Waals surface area contributed by atoms with Gasteiger partial charge in [-0.05, 0) is 61.8 Å². The van der Waals surface area contributed by atoms with Gasteiger partial charge in [0.1, 0.15) is 0 Å². The third-order valence-corrected chi connectivity index (χ3v) is 5.87. The van der Waals surface area contributed by atoms with Gasteiger partial charge in [0.05, 0.1) is 0 Å². The normalized spacial score (nSPS) is 13.3. The van der Waals surface area contributed by atoms with Crippen molar-refractivity contribution in [2.45, 2.75) is 32.1 Å². The molecule has 1 unspecified atom stereocenters. The van der Waals surface area contributed by atoms with Gasteiger partial charge in [0.15, 0.2) is 0 Å². The van der Waals surface area contributed by atoms with Crippen LogP contribution in [0.15, 0.2) is 57.5 Å². The molecule has 0 saturated heterocycles. The van der Waals surface area contributed by atoms with Crippen LogP contribution in [0.4, 0.5) is 0 Å². The van der Waals surface area contributed by atoms with Crippen molar-refractivity contribution >= 4 is 31.9 Å². The molecule has 24 heavy (non-hydrogen) atoms. The molecule has 0 amide bonds. The van der Waals surface area contributed by atoms with Gasteiger partial charge in [-0.3, -0.25) is 0 Å². The zero-order valence-corrected chi connectivity index (χ0v) is 18.2. The Kier molecular flexibility index (Phi) is 7.09. The molecule has 2 aromatic carbocycles. The highest BCUT2D eigenvalue weighted by Crippen LogP contribution is 2.42. The lowest BCUT2D eigenvalue weighted by Crippen LogP contribution is -2.39. The van der Waals surface area contributed by atoms with E-state index in [2.05, 4.69) is 113 Å². The van der Waals surface area contributed by atoms with Gasteiger partial charge in [-0.25, -0.2) is 0 Å². The van der Waals surface area contributed by atoms with E-state index in [1.54, 1.807) is 0 Å². The molecule has 1 atom stereocenters. The fraction of sp³-hybridized carbons (Fsp3) is 0.429. The molecule has 0 radical (unpaired) electrons. The molecule has 1 nitrogen and oxygen atoms in total. The first-order chi connectivity index (χ1) is 11.4. The fourth-order valence-corrected chi connectivity index (χ4v) is 4.41. The van der Waals surface area contributed by atoms with Crippen LogP contribution in [0, 0.1) is 5.92 Å². The summed E-state index contributed by atoms with van der Waals surface area (Å²) < 4.78 is 2.28. The molecule has 2 rings (SSSR count). The number of rotatable bonds is 7. The molecule has 2 aromatic rings. The van der Waals surface area contributed by atoms with E-state index in [0.29, 0.717) is 5.92 Å². The van der Waals surface area contributed by atoms with Crippen LogP contribution in [0.2, 0.25) is 0 Å². The standard InChI is InChI=1S/C21H27Br2N/c1-5-8-18(15-24(3)4)21(2,16-9-6-11-19(22)13-16)17-10-7-12-20(23)14-17/h6-7,9-14,18H,5,8,15H2,1-4H3. The summed E-state index contributed by atoms with van der Waals surface area (Å²) in [4.78, 5) is 2.31. The van der Waals surface area contributed by atoms with Gasteiger partial charge >= 0.3 is 0 Å². The molecule has 0 spiro atoms. The zero-order chi connectivity index (χ0) is 17.7. The van der Waals surface area contributed by atoms with Crippen molar-refractivity contribution in [1.82, 2.24) is 4.90 Å². The van der Waals surface area contributed by atoms with Crippen molar-refractivity contribution in [2.75, 3.05) is 20.6 Å². The van der Waals surface area contributed by atoms with Crippen LogP contribution in [0.1, 0.15) is 37.8 Å². The maximum atomic E-state index is 3.66. The van der Waals surface area contributed by atoms with Crippen LogP contribution >= 0.6 is 31.9 Å².